The van der Waals surface area contributed by atoms with Gasteiger partial charge in [0.05, 0.1) is 18.4 Å². The highest BCUT2D eigenvalue weighted by Gasteiger charge is 2.26. The summed E-state index contributed by atoms with van der Waals surface area (Å²) in [5, 5.41) is 41.4. The first-order valence-corrected chi connectivity index (χ1v) is 15.2. The number of carbonyl (C=O) groups excluding carboxylic acids is 3. The summed E-state index contributed by atoms with van der Waals surface area (Å²) in [5.74, 6) is -6.76. The minimum absolute atomic E-state index is 0.00734. The van der Waals surface area contributed by atoms with E-state index in [9.17, 15) is 48.9 Å². The van der Waals surface area contributed by atoms with Gasteiger partial charge in [0, 0.05) is 35.5 Å². The second-order valence-electron chi connectivity index (χ2n) is 10.9. The molecule has 2 aromatic heterocycles. The van der Waals surface area contributed by atoms with Crippen molar-refractivity contribution in [2.45, 2.75) is 63.2 Å². The molecule has 22 heteroatoms. The van der Waals surface area contributed by atoms with E-state index in [1.807, 2.05) is 0 Å². The molecule has 0 saturated carbocycles. The molecule has 10 N–H and O–H groups in total. The Bertz CT molecular complexity index is 1880. The van der Waals surface area contributed by atoms with Crippen LogP contribution < -0.4 is 32.6 Å². The summed E-state index contributed by atoms with van der Waals surface area (Å²) in [4.78, 5) is 102. The third-order valence-electron chi connectivity index (χ3n) is 7.11. The smallest absolute Gasteiger partial charge is 0.326 e. The number of aromatic nitrogens is 4. The maximum Gasteiger partial charge on any atom is 0.326 e. The van der Waals surface area contributed by atoms with E-state index >= 15 is 0 Å². The fourth-order valence-corrected chi connectivity index (χ4v) is 4.50. The molecule has 2 heterocycles. The Morgan fingerprint density at radius 2 is 1.43 bits per heavy atom. The fraction of sp³-hybridized carbons (Fsp3) is 0.379. The molecule has 3 amide bonds. The number of rotatable bonds is 20. The highest BCUT2D eigenvalue weighted by atomic mass is 16.4. The van der Waals surface area contributed by atoms with Crippen LogP contribution in [0.5, 0.6) is 0 Å². The van der Waals surface area contributed by atoms with Gasteiger partial charge >= 0.3 is 17.9 Å². The van der Waals surface area contributed by atoms with Crippen LogP contribution in [0, 0.1) is 0 Å². The lowest BCUT2D eigenvalue weighted by molar-refractivity contribution is -0.143. The van der Waals surface area contributed by atoms with Gasteiger partial charge in [-0.15, -0.1) is 0 Å². The Labute approximate surface area is 286 Å². The number of carboxylic acid groups (broad SMARTS) is 3. The number of nitrogen functional groups attached to an aromatic ring is 1. The molecule has 3 aromatic rings. The van der Waals surface area contributed by atoms with E-state index in [0.717, 1.165) is 0 Å². The van der Waals surface area contributed by atoms with Gasteiger partial charge in [-0.25, -0.2) is 24.4 Å². The average Bonchev–Trinajstić information content (AvgIpc) is 3.08. The monoisotopic (exact) mass is 710 g/mol. The van der Waals surface area contributed by atoms with Crippen LogP contribution in [-0.2, 0) is 30.5 Å². The summed E-state index contributed by atoms with van der Waals surface area (Å²) < 4.78 is 0. The highest BCUT2D eigenvalue weighted by Crippen LogP contribution is 2.13. The number of fused-ring (bicyclic) bond motifs is 1. The molecule has 51 heavy (non-hydrogen) atoms. The molecule has 0 aliphatic carbocycles. The lowest BCUT2D eigenvalue weighted by Gasteiger charge is -2.18. The van der Waals surface area contributed by atoms with Crippen molar-refractivity contribution in [1.29, 1.82) is 0 Å². The summed E-state index contributed by atoms with van der Waals surface area (Å²) in [6.45, 7) is 0.178. The molecule has 0 spiro atoms. The third-order valence-corrected chi connectivity index (χ3v) is 7.11. The molecular formula is C29H34N12O10. The number of hydrogen-bond acceptors (Lipinski definition) is 13. The second-order valence-corrected chi connectivity index (χ2v) is 10.9. The van der Waals surface area contributed by atoms with Gasteiger partial charge < -0.3 is 42.3 Å². The zero-order valence-corrected chi connectivity index (χ0v) is 26.7. The van der Waals surface area contributed by atoms with Crippen LogP contribution in [0.15, 0.2) is 40.4 Å². The van der Waals surface area contributed by atoms with Gasteiger partial charge in [-0.05, 0) is 55.5 Å². The van der Waals surface area contributed by atoms with Gasteiger partial charge in [-0.1, -0.05) is 5.11 Å². The quantitative estimate of drug-likeness (QED) is 0.0319. The van der Waals surface area contributed by atoms with Gasteiger partial charge in [-0.2, -0.15) is 4.98 Å². The maximum atomic E-state index is 12.8. The number of nitrogens with one attached hydrogen (secondary N) is 5. The molecule has 0 fully saturated rings. The highest BCUT2D eigenvalue weighted by molar-refractivity contribution is 5.97. The normalized spacial score (nSPS) is 12.4. The van der Waals surface area contributed by atoms with E-state index in [0.29, 0.717) is 11.4 Å². The largest absolute Gasteiger partial charge is 0.480 e. The lowest BCUT2D eigenvalue weighted by atomic mass is 10.1. The Morgan fingerprint density at radius 1 is 0.863 bits per heavy atom. The van der Waals surface area contributed by atoms with Crippen LogP contribution in [0.4, 0.5) is 11.6 Å². The van der Waals surface area contributed by atoms with Crippen LogP contribution in [0.3, 0.4) is 0 Å². The minimum atomic E-state index is -1.55. The molecule has 0 aliphatic rings. The van der Waals surface area contributed by atoms with E-state index in [2.05, 4.69) is 51.2 Å². The number of amides is 3. The van der Waals surface area contributed by atoms with Crippen molar-refractivity contribution >= 4 is 58.4 Å². The second kappa shape index (κ2) is 18.6. The molecule has 0 radical (unpaired) electrons. The van der Waals surface area contributed by atoms with Crippen LogP contribution >= 0.6 is 0 Å². The molecule has 0 saturated heterocycles. The number of carboxylic acids is 3. The number of anilines is 2. The summed E-state index contributed by atoms with van der Waals surface area (Å²) in [7, 11) is 0. The number of nitrogens with two attached hydrogens (primary N) is 1. The van der Waals surface area contributed by atoms with Crippen molar-refractivity contribution in [2.24, 2.45) is 5.11 Å². The summed E-state index contributed by atoms with van der Waals surface area (Å²) in [6.07, 6.45) is -0.179. The van der Waals surface area contributed by atoms with Crippen molar-refractivity contribution in [1.82, 2.24) is 35.9 Å². The third kappa shape index (κ3) is 12.3. The number of carbonyl (C=O) groups is 6. The number of nitrogens with zero attached hydrogens (tertiary/aromatic N) is 6. The van der Waals surface area contributed by atoms with E-state index in [4.69, 9.17) is 11.3 Å². The van der Waals surface area contributed by atoms with Crippen molar-refractivity contribution < 1.29 is 44.1 Å². The predicted octanol–water partition coefficient (Wildman–Crippen LogP) is -0.120. The topological polar surface area (TPSA) is 358 Å². The van der Waals surface area contributed by atoms with E-state index in [1.165, 1.54) is 18.3 Å². The Kier molecular flexibility index (Phi) is 14.1. The number of aromatic amines is 1. The minimum Gasteiger partial charge on any atom is -0.480 e. The number of H-pyrrole nitrogens is 1. The first-order chi connectivity index (χ1) is 24.3. The summed E-state index contributed by atoms with van der Waals surface area (Å²) in [5.41, 5.74) is 14.4. The Hall–Kier alpha value is -6.83. The van der Waals surface area contributed by atoms with Crippen molar-refractivity contribution in [2.75, 3.05) is 17.6 Å². The zero-order chi connectivity index (χ0) is 37.5. The predicted molar refractivity (Wildman–Crippen MR) is 176 cm³/mol. The van der Waals surface area contributed by atoms with Gasteiger partial charge in [0.2, 0.25) is 17.8 Å². The molecule has 0 unspecified atom stereocenters. The zero-order valence-electron chi connectivity index (χ0n) is 26.7. The van der Waals surface area contributed by atoms with E-state index in [-0.39, 0.29) is 48.6 Å². The lowest BCUT2D eigenvalue weighted by Crippen LogP contribution is -2.45. The molecule has 3 atom stereocenters. The average molecular weight is 711 g/mol. The van der Waals surface area contributed by atoms with Crippen molar-refractivity contribution in [3.63, 3.8) is 0 Å². The molecule has 0 aliphatic heterocycles. The number of benzene rings is 1. The van der Waals surface area contributed by atoms with Crippen LogP contribution in [0.1, 0.15) is 54.6 Å². The first kappa shape index (κ1) is 38.6. The Balaban J connectivity index is 1.48. The van der Waals surface area contributed by atoms with E-state index in [1.54, 1.807) is 12.1 Å². The van der Waals surface area contributed by atoms with Crippen LogP contribution in [-0.4, -0.2) is 95.6 Å². The van der Waals surface area contributed by atoms with Crippen molar-refractivity contribution in [3.05, 3.63) is 62.5 Å². The van der Waals surface area contributed by atoms with Crippen molar-refractivity contribution in [3.8, 4) is 0 Å². The maximum absolute atomic E-state index is 12.8. The van der Waals surface area contributed by atoms with Gasteiger partial charge in [0.15, 0.2) is 11.2 Å². The standard InChI is InChI=1S/C29H34N12O10/c30-29-39-23-22(25(45)40-29)35-16(13-33-23)12-32-15-5-3-14(4-6-15)24(44)38-19(28(50)51)8-10-21(43)37-18(27(48)49)7-9-20(42)36-17(26(46)47)2-1-11-34-41-31/h3-6,13,17-19,32H,1-2,7-12H2,(H,36,42)(H,37,43)(H,38,44)(H,46,47)(H,48,49)(H,50,51)(H3,30,33,39,40,45)/t17-,18-,19-/m0/s1. The molecule has 1 aromatic carbocycles. The SMILES string of the molecule is [N-]=[N+]=NCCC[C@H](NC(=O)CC[C@H](NC(=O)CC[C@H](NC(=O)c1ccc(NCc2cnc3nc(N)[nH]c(=O)c3n2)cc1)C(=O)O)C(=O)O)C(=O)O. The molecule has 270 valence electrons. The fourth-order valence-electron chi connectivity index (χ4n) is 4.50. The number of azide groups is 1. The van der Waals surface area contributed by atoms with Gasteiger partial charge in [0.1, 0.15) is 18.1 Å². The van der Waals surface area contributed by atoms with Crippen LogP contribution in [0.25, 0.3) is 21.6 Å². The van der Waals surface area contributed by atoms with Gasteiger partial charge in [-0.3, -0.25) is 24.2 Å². The van der Waals surface area contributed by atoms with E-state index < -0.39 is 85.0 Å². The molecule has 3 rings (SSSR count). The number of aliphatic carboxylic acids is 3. The van der Waals surface area contributed by atoms with Crippen LogP contribution in [0.2, 0.25) is 0 Å². The summed E-state index contributed by atoms with van der Waals surface area (Å²) >= 11 is 0. The number of hydrogen-bond donors (Lipinski definition) is 9. The molecule has 22 nitrogen and oxygen atoms in total. The molecular weight excluding hydrogens is 676 g/mol. The first-order valence-electron chi connectivity index (χ1n) is 15.2. The summed E-state index contributed by atoms with van der Waals surface area (Å²) in [6, 6.07) is 1.57. The van der Waals surface area contributed by atoms with Gasteiger partial charge in [0.25, 0.3) is 11.5 Å². The Morgan fingerprint density at radius 3 is 2.00 bits per heavy atom. The molecule has 0 bridgehead atoms.